The highest BCUT2D eigenvalue weighted by molar-refractivity contribution is 7.99. The number of benzene rings is 1. The lowest BCUT2D eigenvalue weighted by Gasteiger charge is -2.03. The van der Waals surface area contributed by atoms with Gasteiger partial charge in [-0.3, -0.25) is 0 Å². The number of methoxy groups -OCH3 is 1. The second-order valence-electron chi connectivity index (χ2n) is 5.05. The zero-order valence-corrected chi connectivity index (χ0v) is 14.3. The monoisotopic (exact) mass is 346 g/mol. The van der Waals surface area contributed by atoms with Crippen molar-refractivity contribution in [2.24, 2.45) is 5.10 Å². The molecule has 0 atom stereocenters. The Labute approximate surface area is 143 Å². The predicted molar refractivity (Wildman–Crippen MR) is 92.1 cm³/mol. The molecule has 0 amide bonds. The highest BCUT2D eigenvalue weighted by atomic mass is 32.2. The quantitative estimate of drug-likeness (QED) is 0.401. The van der Waals surface area contributed by atoms with Crippen molar-refractivity contribution in [1.82, 2.24) is 24.5 Å². The average molecular weight is 346 g/mol. The van der Waals surface area contributed by atoms with Gasteiger partial charge in [-0.25, -0.2) is 0 Å². The van der Waals surface area contributed by atoms with E-state index in [0.717, 1.165) is 29.3 Å². The van der Waals surface area contributed by atoms with E-state index in [4.69, 9.17) is 4.74 Å². The van der Waals surface area contributed by atoms with Crippen LogP contribution in [-0.2, 0) is 0 Å². The van der Waals surface area contributed by atoms with Gasteiger partial charge in [-0.15, -0.1) is 10.2 Å². The number of phenolic OH excluding ortho intramolecular Hbond substituents is 1. The van der Waals surface area contributed by atoms with E-state index < -0.39 is 0 Å². The molecule has 0 aliphatic rings. The van der Waals surface area contributed by atoms with Gasteiger partial charge in [0.25, 0.3) is 5.78 Å². The molecule has 0 bridgehead atoms. The number of fused-ring (bicyclic) bond motifs is 1. The van der Waals surface area contributed by atoms with Gasteiger partial charge in [0.2, 0.25) is 5.16 Å². The number of aromatic hydroxyl groups is 1. The first-order valence-corrected chi connectivity index (χ1v) is 8.54. The molecule has 0 saturated carbocycles. The fourth-order valence-electron chi connectivity index (χ4n) is 2.04. The number of hydrogen-bond acceptors (Lipinski definition) is 7. The zero-order valence-electron chi connectivity index (χ0n) is 13.5. The molecule has 0 aliphatic carbocycles. The van der Waals surface area contributed by atoms with E-state index in [2.05, 4.69) is 27.3 Å². The molecule has 0 saturated heterocycles. The SMILES string of the molecule is CCCCSc1nnc2n(/N=C/c3ccc(O)c(OC)c3)cnn12. The zero-order chi connectivity index (χ0) is 16.9. The van der Waals surface area contributed by atoms with Crippen molar-refractivity contribution in [3.63, 3.8) is 0 Å². The van der Waals surface area contributed by atoms with Crippen LogP contribution in [0.25, 0.3) is 5.78 Å². The van der Waals surface area contributed by atoms with E-state index >= 15 is 0 Å². The number of nitrogens with zero attached hydrogens (tertiary/aromatic N) is 6. The van der Waals surface area contributed by atoms with Crippen molar-refractivity contribution in [1.29, 1.82) is 0 Å². The minimum Gasteiger partial charge on any atom is -0.504 e. The summed E-state index contributed by atoms with van der Waals surface area (Å²) in [6.45, 7) is 2.15. The van der Waals surface area contributed by atoms with Gasteiger partial charge in [0.15, 0.2) is 11.5 Å². The summed E-state index contributed by atoms with van der Waals surface area (Å²) in [5, 5.41) is 27.3. The van der Waals surface area contributed by atoms with Gasteiger partial charge in [-0.2, -0.15) is 19.4 Å². The summed E-state index contributed by atoms with van der Waals surface area (Å²) in [7, 11) is 1.50. The lowest BCUT2D eigenvalue weighted by molar-refractivity contribution is 0.373. The van der Waals surface area contributed by atoms with Gasteiger partial charge in [0.1, 0.15) is 6.33 Å². The fraction of sp³-hybridized carbons (Fsp3) is 0.333. The Bertz CT molecular complexity index is 857. The Morgan fingerprint density at radius 3 is 3.04 bits per heavy atom. The molecule has 24 heavy (non-hydrogen) atoms. The normalized spacial score (nSPS) is 11.6. The van der Waals surface area contributed by atoms with Crippen LogP contribution in [0.4, 0.5) is 0 Å². The van der Waals surface area contributed by atoms with Gasteiger partial charge < -0.3 is 9.84 Å². The molecule has 1 N–H and O–H groups in total. The van der Waals surface area contributed by atoms with Crippen molar-refractivity contribution < 1.29 is 9.84 Å². The maximum Gasteiger partial charge on any atom is 0.275 e. The molecular weight excluding hydrogens is 328 g/mol. The molecule has 0 fully saturated rings. The summed E-state index contributed by atoms with van der Waals surface area (Å²) in [5.41, 5.74) is 0.786. The summed E-state index contributed by atoms with van der Waals surface area (Å²) in [6, 6.07) is 5.00. The molecule has 2 heterocycles. The van der Waals surface area contributed by atoms with Crippen LogP contribution in [0.5, 0.6) is 11.5 Å². The van der Waals surface area contributed by atoms with Gasteiger partial charge in [-0.05, 0) is 30.2 Å². The third-order valence-corrected chi connectivity index (χ3v) is 4.35. The van der Waals surface area contributed by atoms with E-state index in [1.807, 2.05) is 0 Å². The minimum absolute atomic E-state index is 0.0888. The standard InChI is InChI=1S/C15H18N6O2S/c1-3-4-7-24-15-19-18-14-20(10-17-21(14)15)16-9-11-5-6-12(22)13(8-11)23-2/h5-6,8-10,22H,3-4,7H2,1-2H3/b16-9+. The average Bonchev–Trinajstić information content (AvgIpc) is 3.17. The number of ether oxygens (including phenoxy) is 1. The Morgan fingerprint density at radius 1 is 1.38 bits per heavy atom. The van der Waals surface area contributed by atoms with E-state index in [1.54, 1.807) is 51.7 Å². The van der Waals surface area contributed by atoms with Crippen molar-refractivity contribution >= 4 is 23.8 Å². The minimum atomic E-state index is 0.0888. The molecule has 3 rings (SSSR count). The number of phenols is 1. The number of unbranched alkanes of at least 4 members (excludes halogenated alkanes) is 1. The Morgan fingerprint density at radius 2 is 2.25 bits per heavy atom. The topological polar surface area (TPSA) is 89.8 Å². The Hall–Kier alpha value is -2.55. The molecule has 3 aromatic rings. The Balaban J connectivity index is 1.80. The van der Waals surface area contributed by atoms with Gasteiger partial charge in [0, 0.05) is 5.75 Å². The summed E-state index contributed by atoms with van der Waals surface area (Å²) in [5.74, 6) is 2.02. The first kappa shape index (κ1) is 16.3. The molecule has 2 aromatic heterocycles. The molecule has 0 spiro atoms. The van der Waals surface area contributed by atoms with Crippen LogP contribution in [0.1, 0.15) is 25.3 Å². The summed E-state index contributed by atoms with van der Waals surface area (Å²) < 4.78 is 8.31. The highest BCUT2D eigenvalue weighted by Gasteiger charge is 2.11. The summed E-state index contributed by atoms with van der Waals surface area (Å²) >= 11 is 1.63. The largest absolute Gasteiger partial charge is 0.504 e. The Kier molecular flexibility index (Phi) is 4.99. The lowest BCUT2D eigenvalue weighted by atomic mass is 10.2. The summed E-state index contributed by atoms with van der Waals surface area (Å²) in [4.78, 5) is 0. The first-order valence-electron chi connectivity index (χ1n) is 7.56. The molecule has 0 aliphatic heterocycles. The second-order valence-corrected chi connectivity index (χ2v) is 6.11. The predicted octanol–water partition coefficient (Wildman–Crippen LogP) is 2.41. The van der Waals surface area contributed by atoms with Crippen molar-refractivity contribution in [3.8, 4) is 11.5 Å². The number of hydrogen-bond donors (Lipinski definition) is 1. The van der Waals surface area contributed by atoms with Crippen molar-refractivity contribution in [2.75, 3.05) is 12.9 Å². The number of rotatable bonds is 7. The maximum atomic E-state index is 9.61. The van der Waals surface area contributed by atoms with E-state index in [1.165, 1.54) is 7.11 Å². The van der Waals surface area contributed by atoms with Gasteiger partial charge in [0.05, 0.1) is 13.3 Å². The molecule has 8 nitrogen and oxygen atoms in total. The van der Waals surface area contributed by atoms with Crippen LogP contribution in [0, 0.1) is 0 Å². The van der Waals surface area contributed by atoms with E-state index in [-0.39, 0.29) is 5.75 Å². The molecule has 9 heteroatoms. The first-order chi connectivity index (χ1) is 11.7. The van der Waals surface area contributed by atoms with Crippen LogP contribution in [-0.4, -0.2) is 48.7 Å². The fourth-order valence-corrected chi connectivity index (χ4v) is 3.00. The molecule has 1 aromatic carbocycles. The molecule has 0 radical (unpaired) electrons. The molecule has 126 valence electrons. The smallest absolute Gasteiger partial charge is 0.275 e. The van der Waals surface area contributed by atoms with Crippen molar-refractivity contribution in [3.05, 3.63) is 30.1 Å². The van der Waals surface area contributed by atoms with Crippen molar-refractivity contribution in [2.45, 2.75) is 24.9 Å². The van der Waals surface area contributed by atoms with Crippen LogP contribution in [0.15, 0.2) is 34.8 Å². The van der Waals surface area contributed by atoms with E-state index in [0.29, 0.717) is 11.5 Å². The summed E-state index contributed by atoms with van der Waals surface area (Å²) in [6.07, 6.45) is 5.50. The van der Waals surface area contributed by atoms with Gasteiger partial charge >= 0.3 is 0 Å². The molecular formula is C15H18N6O2S. The third kappa shape index (κ3) is 3.35. The van der Waals surface area contributed by atoms with Crippen LogP contribution in [0.3, 0.4) is 0 Å². The highest BCUT2D eigenvalue weighted by Crippen LogP contribution is 2.25. The van der Waals surface area contributed by atoms with Crippen LogP contribution < -0.4 is 4.74 Å². The number of aromatic nitrogens is 5. The third-order valence-electron chi connectivity index (χ3n) is 3.34. The van der Waals surface area contributed by atoms with Crippen LogP contribution in [0.2, 0.25) is 0 Å². The van der Waals surface area contributed by atoms with Gasteiger partial charge in [-0.1, -0.05) is 25.1 Å². The van der Waals surface area contributed by atoms with E-state index in [9.17, 15) is 5.11 Å². The molecule has 0 unspecified atom stereocenters. The maximum absolute atomic E-state index is 9.61. The lowest BCUT2D eigenvalue weighted by Crippen LogP contribution is -1.92. The number of thioether (sulfide) groups is 1. The second kappa shape index (κ2) is 7.35. The van der Waals surface area contributed by atoms with Crippen LogP contribution >= 0.6 is 11.8 Å².